The van der Waals surface area contributed by atoms with E-state index >= 15 is 0 Å². The second-order valence-corrected chi connectivity index (χ2v) is 11.4. The molecule has 3 aromatic rings. The van der Waals surface area contributed by atoms with Crippen LogP contribution in [-0.2, 0) is 10.0 Å². The number of aryl methyl sites for hydroxylation is 2. The molecule has 1 saturated heterocycles. The van der Waals surface area contributed by atoms with Gasteiger partial charge in [-0.2, -0.15) is 0 Å². The molecule has 1 aliphatic carbocycles. The second kappa shape index (κ2) is 8.39. The summed E-state index contributed by atoms with van der Waals surface area (Å²) in [6, 6.07) is 14.3. The van der Waals surface area contributed by atoms with Crippen LogP contribution in [0.25, 0.3) is 0 Å². The second-order valence-electron chi connectivity index (χ2n) is 9.30. The smallest absolute Gasteiger partial charge is 0.229 e. The van der Waals surface area contributed by atoms with Crippen molar-refractivity contribution in [1.29, 1.82) is 0 Å². The van der Waals surface area contributed by atoms with Crippen LogP contribution in [0.15, 0.2) is 48.7 Å². The molecule has 2 N–H and O–H groups in total. The maximum absolute atomic E-state index is 11.8. The summed E-state index contributed by atoms with van der Waals surface area (Å²) < 4.78 is 28.5. The number of nitrogens with zero attached hydrogens (tertiary/aromatic N) is 3. The van der Waals surface area contributed by atoms with E-state index in [-0.39, 0.29) is 12.1 Å². The van der Waals surface area contributed by atoms with Crippen molar-refractivity contribution in [1.82, 2.24) is 14.9 Å². The maximum atomic E-state index is 11.8. The van der Waals surface area contributed by atoms with E-state index in [0.717, 1.165) is 23.2 Å². The van der Waals surface area contributed by atoms with Crippen LogP contribution in [0.3, 0.4) is 0 Å². The minimum atomic E-state index is -3.36. The molecule has 0 amide bonds. The highest BCUT2D eigenvalue weighted by Gasteiger charge is 2.43. The monoisotopic (exact) mass is 495 g/mol. The van der Waals surface area contributed by atoms with E-state index in [0.29, 0.717) is 16.8 Å². The fourth-order valence-corrected chi connectivity index (χ4v) is 6.03. The maximum Gasteiger partial charge on any atom is 0.229 e. The highest BCUT2D eigenvalue weighted by Crippen LogP contribution is 2.46. The van der Waals surface area contributed by atoms with Crippen LogP contribution in [-0.4, -0.2) is 29.3 Å². The molecule has 2 aromatic heterocycles. The highest BCUT2D eigenvalue weighted by atomic mass is 32.2. The Hall–Kier alpha value is -2.91. The van der Waals surface area contributed by atoms with Crippen molar-refractivity contribution >= 4 is 38.7 Å². The van der Waals surface area contributed by atoms with Crippen LogP contribution in [0.1, 0.15) is 59.2 Å². The molecule has 9 heteroatoms. The minimum absolute atomic E-state index is 0.0887. The van der Waals surface area contributed by atoms with Gasteiger partial charge in [0.15, 0.2) is 5.11 Å². The number of hydrogen-bond acceptors (Lipinski definition) is 4. The molecule has 7 nitrogen and oxygen atoms in total. The number of hydrogen-bond donors (Lipinski definition) is 2. The number of rotatable bonds is 6. The first-order valence-corrected chi connectivity index (χ1v) is 13.7. The fraction of sp³-hybridized carbons (Fsp3) is 0.360. The summed E-state index contributed by atoms with van der Waals surface area (Å²) in [7, 11) is -3.36. The topological polar surface area (TPSA) is 79.3 Å². The lowest BCUT2D eigenvalue weighted by molar-refractivity contribution is 0.562. The Morgan fingerprint density at radius 2 is 1.88 bits per heavy atom. The van der Waals surface area contributed by atoms with Crippen molar-refractivity contribution in [3.8, 4) is 0 Å². The number of sulfonamides is 1. The van der Waals surface area contributed by atoms with Gasteiger partial charge >= 0.3 is 0 Å². The van der Waals surface area contributed by atoms with Crippen molar-refractivity contribution in [2.24, 2.45) is 0 Å². The van der Waals surface area contributed by atoms with E-state index in [4.69, 9.17) is 12.2 Å². The zero-order valence-corrected chi connectivity index (χ0v) is 21.4. The summed E-state index contributed by atoms with van der Waals surface area (Å²) >= 11 is 5.86. The molecule has 3 heterocycles. The Bertz CT molecular complexity index is 1360. The lowest BCUT2D eigenvalue weighted by Gasteiger charge is -2.29. The molecule has 1 saturated carbocycles. The van der Waals surface area contributed by atoms with E-state index in [2.05, 4.69) is 44.4 Å². The summed E-state index contributed by atoms with van der Waals surface area (Å²) in [5.41, 5.74) is 6.98. The van der Waals surface area contributed by atoms with E-state index in [1.54, 1.807) is 6.07 Å². The molecule has 5 rings (SSSR count). The lowest BCUT2D eigenvalue weighted by Crippen LogP contribution is -2.29. The van der Waals surface area contributed by atoms with Crippen molar-refractivity contribution in [3.05, 3.63) is 76.9 Å². The quantitative estimate of drug-likeness (QED) is 0.483. The molecule has 1 aliphatic heterocycles. The SMILES string of the molecule is Cc1cc(N2C(=S)NC(c3ccccn3)C2c2cc(C)n(C3CC3)c2C)ccc1NS(C)(=O)=O. The predicted molar refractivity (Wildman–Crippen MR) is 140 cm³/mol. The van der Waals surface area contributed by atoms with Gasteiger partial charge in [-0.15, -0.1) is 0 Å². The van der Waals surface area contributed by atoms with E-state index in [9.17, 15) is 8.42 Å². The largest absolute Gasteiger partial charge is 0.351 e. The van der Waals surface area contributed by atoms with Gasteiger partial charge in [0.2, 0.25) is 10.0 Å². The standard InChI is InChI=1S/C25H29N5O2S2/c1-15-13-19(10-11-21(15)28-34(4,31)32)30-24(20-14-16(2)29(17(20)3)18-8-9-18)23(27-25(30)33)22-7-5-6-12-26-22/h5-7,10-14,18,23-24,28H,8-9H2,1-4H3,(H,27,33). The first-order valence-electron chi connectivity index (χ1n) is 11.4. The van der Waals surface area contributed by atoms with Gasteiger partial charge in [-0.05, 0) is 93.4 Å². The zero-order valence-electron chi connectivity index (χ0n) is 19.7. The minimum Gasteiger partial charge on any atom is -0.351 e. The van der Waals surface area contributed by atoms with Crippen molar-refractivity contribution in [3.63, 3.8) is 0 Å². The zero-order chi connectivity index (χ0) is 24.2. The summed E-state index contributed by atoms with van der Waals surface area (Å²) in [6.07, 6.45) is 5.41. The van der Waals surface area contributed by atoms with Crippen LogP contribution in [0.4, 0.5) is 11.4 Å². The Kier molecular flexibility index (Phi) is 5.64. The molecule has 0 spiro atoms. The lowest BCUT2D eigenvalue weighted by atomic mass is 9.96. The molecule has 178 valence electrons. The number of pyridine rings is 1. The first kappa shape index (κ1) is 22.9. The van der Waals surface area contributed by atoms with Gasteiger partial charge in [0.05, 0.1) is 29.7 Å². The Morgan fingerprint density at radius 1 is 1.12 bits per heavy atom. The first-order chi connectivity index (χ1) is 16.1. The van der Waals surface area contributed by atoms with Crippen molar-refractivity contribution < 1.29 is 8.42 Å². The summed E-state index contributed by atoms with van der Waals surface area (Å²) in [5.74, 6) is 0. The van der Waals surface area contributed by atoms with Crippen molar-refractivity contribution in [2.75, 3.05) is 15.9 Å². The number of aromatic nitrogens is 2. The molecule has 2 unspecified atom stereocenters. The molecule has 2 fully saturated rings. The molecule has 2 aliphatic rings. The molecule has 0 radical (unpaired) electrons. The van der Waals surface area contributed by atoms with E-state index in [1.165, 1.54) is 29.8 Å². The predicted octanol–water partition coefficient (Wildman–Crippen LogP) is 4.69. The third-order valence-corrected chi connectivity index (χ3v) is 7.54. The summed E-state index contributed by atoms with van der Waals surface area (Å²) in [5, 5.41) is 4.14. The average Bonchev–Trinajstić information content (AvgIpc) is 3.48. The molecular formula is C25H29N5O2S2. The summed E-state index contributed by atoms with van der Waals surface area (Å²) in [4.78, 5) is 6.79. The van der Waals surface area contributed by atoms with Gasteiger partial charge in [0, 0.05) is 29.3 Å². The molecule has 34 heavy (non-hydrogen) atoms. The van der Waals surface area contributed by atoms with Crippen LogP contribution in [0.2, 0.25) is 0 Å². The Labute approximate surface area is 206 Å². The van der Waals surface area contributed by atoms with E-state index < -0.39 is 10.0 Å². The Morgan fingerprint density at radius 3 is 2.50 bits per heavy atom. The molecule has 1 aromatic carbocycles. The van der Waals surface area contributed by atoms with Crippen LogP contribution in [0, 0.1) is 20.8 Å². The van der Waals surface area contributed by atoms with E-state index in [1.807, 2.05) is 43.5 Å². The van der Waals surface area contributed by atoms with Gasteiger partial charge in [-0.1, -0.05) is 6.07 Å². The normalized spacial score (nSPS) is 20.5. The Balaban J connectivity index is 1.62. The number of anilines is 2. The summed E-state index contributed by atoms with van der Waals surface area (Å²) in [6.45, 7) is 6.26. The van der Waals surface area contributed by atoms with Gasteiger partial charge in [-0.3, -0.25) is 9.71 Å². The average molecular weight is 496 g/mol. The van der Waals surface area contributed by atoms with Gasteiger partial charge in [0.1, 0.15) is 0 Å². The van der Waals surface area contributed by atoms with Gasteiger partial charge < -0.3 is 14.8 Å². The molecule has 0 bridgehead atoms. The highest BCUT2D eigenvalue weighted by molar-refractivity contribution is 7.92. The fourth-order valence-electron chi connectivity index (χ4n) is 5.06. The number of nitrogens with one attached hydrogen (secondary N) is 2. The molecule has 2 atom stereocenters. The van der Waals surface area contributed by atoms with Crippen LogP contribution in [0.5, 0.6) is 0 Å². The third kappa shape index (κ3) is 4.18. The van der Waals surface area contributed by atoms with Gasteiger partial charge in [-0.25, -0.2) is 8.42 Å². The molecular weight excluding hydrogens is 466 g/mol. The van der Waals surface area contributed by atoms with Crippen molar-refractivity contribution in [2.45, 2.75) is 51.7 Å². The van der Waals surface area contributed by atoms with Gasteiger partial charge in [0.25, 0.3) is 0 Å². The number of benzene rings is 1. The third-order valence-electron chi connectivity index (χ3n) is 6.64. The van der Waals surface area contributed by atoms with Crippen LogP contribution >= 0.6 is 12.2 Å². The van der Waals surface area contributed by atoms with Crippen LogP contribution < -0.4 is 14.9 Å². The number of thiocarbonyl (C=S) groups is 1.